The van der Waals surface area contributed by atoms with E-state index in [-0.39, 0.29) is 23.8 Å². The van der Waals surface area contributed by atoms with Gasteiger partial charge in [-0.15, -0.1) is 0 Å². The van der Waals surface area contributed by atoms with Crippen LogP contribution >= 0.6 is 0 Å². The Morgan fingerprint density at radius 1 is 0.773 bits per heavy atom. The van der Waals surface area contributed by atoms with Crippen LogP contribution < -0.4 is 5.73 Å². The quantitative estimate of drug-likeness (QED) is 0.137. The van der Waals surface area contributed by atoms with Crippen molar-refractivity contribution in [1.82, 2.24) is 9.97 Å². The Labute approximate surface area is 251 Å². The molecule has 0 saturated heterocycles. The molecule has 0 aliphatic heterocycles. The molecule has 0 amide bonds. The third-order valence-electron chi connectivity index (χ3n) is 7.14. The molecule has 0 fully saturated rings. The van der Waals surface area contributed by atoms with E-state index in [2.05, 4.69) is 9.97 Å². The van der Waals surface area contributed by atoms with E-state index in [1.165, 1.54) is 48.7 Å². The highest BCUT2D eigenvalue weighted by molar-refractivity contribution is 6.09. The topological polar surface area (TPSA) is 99.1 Å². The number of hydrogen-bond donors (Lipinski definition) is 1. The van der Waals surface area contributed by atoms with Crippen molar-refractivity contribution in [2.45, 2.75) is 12.8 Å². The molecule has 3 aromatic heterocycles. The SMILES string of the molecule is Nc1ccc(/C=C/C(=O)CCc2cc3cc(-c4ccc(C(=O)c5ccc(F)cc5)cn4)cc(-c4ccc(F)cc4)c3o2)cn1. The number of aromatic nitrogens is 2. The van der Waals surface area contributed by atoms with Gasteiger partial charge in [0.15, 0.2) is 11.6 Å². The summed E-state index contributed by atoms with van der Waals surface area (Å²) in [6, 6.07) is 24.1. The molecule has 0 bridgehead atoms. The molecule has 6 nitrogen and oxygen atoms in total. The van der Waals surface area contributed by atoms with E-state index >= 15 is 0 Å². The van der Waals surface area contributed by atoms with Crippen LogP contribution in [0.15, 0.2) is 114 Å². The molecule has 0 atom stereocenters. The smallest absolute Gasteiger partial charge is 0.194 e. The van der Waals surface area contributed by atoms with E-state index in [1.54, 1.807) is 48.7 Å². The van der Waals surface area contributed by atoms with Gasteiger partial charge in [-0.2, -0.15) is 0 Å². The second-order valence-corrected chi connectivity index (χ2v) is 10.2. The Balaban J connectivity index is 1.28. The maximum absolute atomic E-state index is 13.7. The van der Waals surface area contributed by atoms with Crippen LogP contribution in [0.4, 0.5) is 14.6 Å². The van der Waals surface area contributed by atoms with E-state index in [0.29, 0.717) is 40.4 Å². The molecule has 6 rings (SSSR count). The molecule has 0 spiro atoms. The fraction of sp³-hybridized carbons (Fsp3) is 0.0556. The van der Waals surface area contributed by atoms with Gasteiger partial charge in [-0.1, -0.05) is 12.1 Å². The average Bonchev–Trinajstić information content (AvgIpc) is 3.47. The zero-order chi connectivity index (χ0) is 30.6. The van der Waals surface area contributed by atoms with E-state index in [9.17, 15) is 18.4 Å². The van der Waals surface area contributed by atoms with Gasteiger partial charge in [-0.05, 0) is 102 Å². The number of rotatable bonds is 9. The molecule has 0 aliphatic rings. The third kappa shape index (κ3) is 6.34. The minimum atomic E-state index is -0.416. The van der Waals surface area contributed by atoms with Crippen molar-refractivity contribution < 1.29 is 22.8 Å². The number of hydrogen-bond acceptors (Lipinski definition) is 6. The summed E-state index contributed by atoms with van der Waals surface area (Å²) in [5.41, 5.74) is 10.6. The minimum Gasteiger partial charge on any atom is -0.460 e. The summed E-state index contributed by atoms with van der Waals surface area (Å²) in [6.07, 6.45) is 6.91. The van der Waals surface area contributed by atoms with E-state index < -0.39 is 5.82 Å². The summed E-state index contributed by atoms with van der Waals surface area (Å²) in [7, 11) is 0. The Morgan fingerprint density at radius 2 is 1.50 bits per heavy atom. The first-order valence-corrected chi connectivity index (χ1v) is 13.8. The molecule has 2 N–H and O–H groups in total. The highest BCUT2D eigenvalue weighted by atomic mass is 19.1. The standard InChI is InChI=1S/C36H25F2N3O3/c37-28-8-3-23(4-9-28)32-19-26(33-15-7-25(21-40-33)35(43)24-5-10-29(38)11-6-24)17-27-18-31(44-36(27)32)14-13-30(42)12-1-22-2-16-34(39)41-20-22/h1-12,15-21H,13-14H2,(H2,39,41)/b12-1+. The molecule has 0 aliphatic carbocycles. The largest absolute Gasteiger partial charge is 0.460 e. The summed E-state index contributed by atoms with van der Waals surface area (Å²) < 4.78 is 33.3. The first-order valence-electron chi connectivity index (χ1n) is 13.8. The van der Waals surface area contributed by atoms with Crippen molar-refractivity contribution >= 4 is 34.4 Å². The molecule has 44 heavy (non-hydrogen) atoms. The average molecular weight is 586 g/mol. The van der Waals surface area contributed by atoms with E-state index in [1.807, 2.05) is 18.2 Å². The van der Waals surface area contributed by atoms with Crippen LogP contribution in [0, 0.1) is 11.6 Å². The molecular weight excluding hydrogens is 560 g/mol. The summed E-state index contributed by atoms with van der Waals surface area (Å²) in [5, 5.41) is 0.793. The first kappa shape index (κ1) is 28.4. The van der Waals surface area contributed by atoms with Crippen molar-refractivity contribution in [2.24, 2.45) is 0 Å². The zero-order valence-electron chi connectivity index (χ0n) is 23.3. The lowest BCUT2D eigenvalue weighted by Crippen LogP contribution is -2.02. The number of ketones is 2. The molecule has 0 saturated carbocycles. The van der Waals surface area contributed by atoms with Crippen LogP contribution in [0.2, 0.25) is 0 Å². The fourth-order valence-electron chi connectivity index (χ4n) is 4.82. The number of halogens is 2. The number of carbonyl (C=O) groups excluding carboxylic acids is 2. The van der Waals surface area contributed by atoms with Gasteiger partial charge >= 0.3 is 0 Å². The normalized spacial score (nSPS) is 11.3. The number of furan rings is 1. The number of fused-ring (bicyclic) bond motifs is 1. The summed E-state index contributed by atoms with van der Waals surface area (Å²) in [4.78, 5) is 34.0. The number of nitrogens with zero attached hydrogens (tertiary/aromatic N) is 2. The lowest BCUT2D eigenvalue weighted by atomic mass is 9.98. The highest BCUT2D eigenvalue weighted by Gasteiger charge is 2.16. The first-order chi connectivity index (χ1) is 21.3. The Bertz CT molecular complexity index is 2000. The fourth-order valence-corrected chi connectivity index (χ4v) is 4.82. The van der Waals surface area contributed by atoms with Gasteiger partial charge in [0.05, 0.1) is 5.69 Å². The molecule has 0 radical (unpaired) electrons. The van der Waals surface area contributed by atoms with Crippen LogP contribution in [0.25, 0.3) is 39.4 Å². The predicted molar refractivity (Wildman–Crippen MR) is 166 cm³/mol. The van der Waals surface area contributed by atoms with Gasteiger partial charge in [0.25, 0.3) is 0 Å². The molecule has 216 valence electrons. The van der Waals surface area contributed by atoms with Crippen molar-refractivity contribution in [3.63, 3.8) is 0 Å². The summed E-state index contributed by atoms with van der Waals surface area (Å²) >= 11 is 0. The number of benzene rings is 3. The molecule has 3 heterocycles. The van der Waals surface area contributed by atoms with Crippen LogP contribution in [0.1, 0.15) is 33.7 Å². The van der Waals surface area contributed by atoms with Gasteiger partial charge in [0.1, 0.15) is 28.8 Å². The summed E-state index contributed by atoms with van der Waals surface area (Å²) in [6.45, 7) is 0. The van der Waals surface area contributed by atoms with E-state index in [0.717, 1.165) is 27.6 Å². The third-order valence-corrected chi connectivity index (χ3v) is 7.14. The number of anilines is 1. The monoisotopic (exact) mass is 585 g/mol. The van der Waals surface area contributed by atoms with Crippen molar-refractivity contribution in [2.75, 3.05) is 5.73 Å². The van der Waals surface area contributed by atoms with Gasteiger partial charge < -0.3 is 10.2 Å². The van der Waals surface area contributed by atoms with E-state index in [4.69, 9.17) is 10.2 Å². The number of pyridine rings is 2. The lowest BCUT2D eigenvalue weighted by Gasteiger charge is -2.08. The molecule has 8 heteroatoms. The van der Waals surface area contributed by atoms with Crippen molar-refractivity contribution in [3.05, 3.63) is 144 Å². The zero-order valence-corrected chi connectivity index (χ0v) is 23.3. The molecular formula is C36H25F2N3O3. The Hall–Kier alpha value is -5.76. The second kappa shape index (κ2) is 12.2. The number of nitrogens with two attached hydrogens (primary N) is 1. The van der Waals surface area contributed by atoms with Crippen molar-refractivity contribution in [1.29, 1.82) is 0 Å². The van der Waals surface area contributed by atoms with Crippen LogP contribution in [0.5, 0.6) is 0 Å². The van der Waals surface area contributed by atoms with Crippen LogP contribution in [0.3, 0.4) is 0 Å². The maximum atomic E-state index is 13.7. The number of allylic oxidation sites excluding steroid dienone is 1. The molecule has 0 unspecified atom stereocenters. The van der Waals surface area contributed by atoms with Gasteiger partial charge in [0, 0.05) is 52.9 Å². The Kier molecular flexibility index (Phi) is 7.88. The highest BCUT2D eigenvalue weighted by Crippen LogP contribution is 2.36. The Morgan fingerprint density at radius 3 is 2.18 bits per heavy atom. The second-order valence-electron chi connectivity index (χ2n) is 10.2. The van der Waals surface area contributed by atoms with Crippen molar-refractivity contribution in [3.8, 4) is 22.4 Å². The van der Waals surface area contributed by atoms with Gasteiger partial charge in [0.2, 0.25) is 0 Å². The van der Waals surface area contributed by atoms with Crippen LogP contribution in [-0.4, -0.2) is 21.5 Å². The minimum absolute atomic E-state index is 0.0683. The molecule has 6 aromatic rings. The van der Waals surface area contributed by atoms with Gasteiger partial charge in [-0.25, -0.2) is 13.8 Å². The lowest BCUT2D eigenvalue weighted by molar-refractivity contribution is -0.114. The number of nitrogen functional groups attached to an aromatic ring is 1. The number of aryl methyl sites for hydroxylation is 1. The van der Waals surface area contributed by atoms with Gasteiger partial charge in [-0.3, -0.25) is 14.6 Å². The van der Waals surface area contributed by atoms with Crippen LogP contribution in [-0.2, 0) is 11.2 Å². The predicted octanol–water partition coefficient (Wildman–Crippen LogP) is 7.86. The maximum Gasteiger partial charge on any atom is 0.194 e. The molecule has 3 aromatic carbocycles. The summed E-state index contributed by atoms with van der Waals surface area (Å²) in [5.74, 6) is -0.0661. The number of carbonyl (C=O) groups is 2.